The number of carboxylic acids is 1. The van der Waals surface area contributed by atoms with E-state index in [1.165, 1.54) is 6.07 Å². The van der Waals surface area contributed by atoms with Crippen molar-refractivity contribution in [2.45, 2.75) is 19.5 Å². The molecular formula is C18H22N4O3S. The highest BCUT2D eigenvalue weighted by molar-refractivity contribution is 7.09. The first-order chi connectivity index (χ1) is 12.5. The monoisotopic (exact) mass is 374 g/mol. The average molecular weight is 374 g/mol. The number of nitrogens with zero attached hydrogens (tertiary/aromatic N) is 3. The van der Waals surface area contributed by atoms with Gasteiger partial charge in [-0.15, -0.1) is 11.3 Å². The summed E-state index contributed by atoms with van der Waals surface area (Å²) in [5.41, 5.74) is 0.996. The number of thiazole rings is 1. The van der Waals surface area contributed by atoms with Gasteiger partial charge in [0.2, 0.25) is 0 Å². The zero-order valence-electron chi connectivity index (χ0n) is 14.6. The van der Waals surface area contributed by atoms with E-state index < -0.39 is 5.97 Å². The molecule has 0 radical (unpaired) electrons. The lowest BCUT2D eigenvalue weighted by molar-refractivity contribution is 0.0696. The summed E-state index contributed by atoms with van der Waals surface area (Å²) < 4.78 is 0. The fourth-order valence-corrected chi connectivity index (χ4v) is 3.74. The maximum absolute atomic E-state index is 12.4. The molecule has 1 aromatic heterocycles. The van der Waals surface area contributed by atoms with E-state index >= 15 is 0 Å². The highest BCUT2D eigenvalue weighted by atomic mass is 32.1. The van der Waals surface area contributed by atoms with E-state index in [9.17, 15) is 9.59 Å². The number of piperazine rings is 1. The van der Waals surface area contributed by atoms with Crippen molar-refractivity contribution in [3.63, 3.8) is 0 Å². The molecule has 7 nitrogen and oxygen atoms in total. The normalized spacial score (nSPS) is 16.3. The molecule has 2 amide bonds. The first-order valence-electron chi connectivity index (χ1n) is 8.53. The van der Waals surface area contributed by atoms with Gasteiger partial charge in [-0.05, 0) is 24.6 Å². The van der Waals surface area contributed by atoms with E-state index in [1.54, 1.807) is 34.4 Å². The Kier molecular flexibility index (Phi) is 5.85. The van der Waals surface area contributed by atoms with Crippen LogP contribution < -0.4 is 5.32 Å². The van der Waals surface area contributed by atoms with Gasteiger partial charge in [-0.2, -0.15) is 0 Å². The summed E-state index contributed by atoms with van der Waals surface area (Å²) in [6.07, 6.45) is 1.82. The quantitative estimate of drug-likeness (QED) is 0.840. The largest absolute Gasteiger partial charge is 0.478 e. The average Bonchev–Trinajstić information content (AvgIpc) is 3.20. The molecule has 0 saturated carbocycles. The summed E-state index contributed by atoms with van der Waals surface area (Å²) in [6.45, 7) is 5.40. The molecule has 1 unspecified atom stereocenters. The summed E-state index contributed by atoms with van der Waals surface area (Å²) in [7, 11) is 0. The fourth-order valence-electron chi connectivity index (χ4n) is 3.01. The van der Waals surface area contributed by atoms with Crippen molar-refractivity contribution in [3.8, 4) is 0 Å². The number of aromatic carboxylic acids is 1. The van der Waals surface area contributed by atoms with Crippen molar-refractivity contribution in [2.75, 3.05) is 26.2 Å². The third kappa shape index (κ3) is 4.39. The molecule has 138 valence electrons. The SMILES string of the molecule is CC(c1nccs1)N1CCN(C(=O)NCc2cccc(C(=O)O)c2)CC1. The third-order valence-corrected chi connectivity index (χ3v) is 5.52. The van der Waals surface area contributed by atoms with Crippen LogP contribution in [0.25, 0.3) is 0 Å². The zero-order valence-corrected chi connectivity index (χ0v) is 15.4. The number of amides is 2. The van der Waals surface area contributed by atoms with E-state index in [4.69, 9.17) is 5.11 Å². The molecule has 8 heteroatoms. The first kappa shape index (κ1) is 18.3. The summed E-state index contributed by atoms with van der Waals surface area (Å²) in [5, 5.41) is 15.0. The molecule has 2 N–H and O–H groups in total. The molecule has 1 saturated heterocycles. The zero-order chi connectivity index (χ0) is 18.5. The van der Waals surface area contributed by atoms with E-state index in [1.807, 2.05) is 11.6 Å². The molecule has 0 spiro atoms. The van der Waals surface area contributed by atoms with Gasteiger partial charge in [-0.25, -0.2) is 14.6 Å². The molecule has 1 aliphatic rings. The standard InChI is InChI=1S/C18H22N4O3S/c1-13(16-19-5-10-26-16)21-6-8-22(9-7-21)18(25)20-12-14-3-2-4-15(11-14)17(23)24/h2-5,10-11,13H,6-9,12H2,1H3,(H,20,25)(H,23,24). The van der Waals surface area contributed by atoms with Crippen LogP contribution in [0.3, 0.4) is 0 Å². The number of urea groups is 1. The molecule has 1 fully saturated rings. The molecule has 1 atom stereocenters. The van der Waals surface area contributed by atoms with Gasteiger partial charge >= 0.3 is 12.0 Å². The van der Waals surface area contributed by atoms with Gasteiger partial charge in [0.05, 0.1) is 11.6 Å². The molecular weight excluding hydrogens is 352 g/mol. The van der Waals surface area contributed by atoms with Crippen molar-refractivity contribution in [1.82, 2.24) is 20.1 Å². The molecule has 1 aliphatic heterocycles. The van der Waals surface area contributed by atoms with Crippen LogP contribution in [0.1, 0.15) is 33.9 Å². The van der Waals surface area contributed by atoms with Gasteiger partial charge < -0.3 is 15.3 Å². The Morgan fingerprint density at radius 3 is 2.73 bits per heavy atom. The molecule has 3 rings (SSSR count). The first-order valence-corrected chi connectivity index (χ1v) is 9.41. The van der Waals surface area contributed by atoms with Crippen LogP contribution in [0.5, 0.6) is 0 Å². The van der Waals surface area contributed by atoms with Crippen molar-refractivity contribution >= 4 is 23.3 Å². The summed E-state index contributed by atoms with van der Waals surface area (Å²) >= 11 is 1.65. The summed E-state index contributed by atoms with van der Waals surface area (Å²) in [6, 6.07) is 6.75. The molecule has 1 aromatic carbocycles. The van der Waals surface area contributed by atoms with Crippen molar-refractivity contribution < 1.29 is 14.7 Å². The number of carbonyl (C=O) groups is 2. The minimum Gasteiger partial charge on any atom is -0.478 e. The predicted octanol–water partition coefficient (Wildman–Crippen LogP) is 2.43. The molecule has 2 heterocycles. The molecule has 0 bridgehead atoms. The number of hydrogen-bond donors (Lipinski definition) is 2. The minimum atomic E-state index is -0.969. The van der Waals surface area contributed by atoms with E-state index in [0.29, 0.717) is 19.6 Å². The number of rotatable bonds is 5. The second kappa shape index (κ2) is 8.29. The van der Waals surface area contributed by atoms with Crippen LogP contribution >= 0.6 is 11.3 Å². The minimum absolute atomic E-state index is 0.118. The van der Waals surface area contributed by atoms with Gasteiger partial charge in [0.15, 0.2) is 0 Å². The van der Waals surface area contributed by atoms with Gasteiger partial charge in [-0.3, -0.25) is 4.90 Å². The Morgan fingerprint density at radius 2 is 2.08 bits per heavy atom. The predicted molar refractivity (Wildman–Crippen MR) is 99.3 cm³/mol. The summed E-state index contributed by atoms with van der Waals surface area (Å²) in [5.74, 6) is -0.969. The fraction of sp³-hybridized carbons (Fsp3) is 0.389. The lowest BCUT2D eigenvalue weighted by Gasteiger charge is -2.37. The topological polar surface area (TPSA) is 85.8 Å². The molecule has 0 aliphatic carbocycles. The number of hydrogen-bond acceptors (Lipinski definition) is 5. The lowest BCUT2D eigenvalue weighted by Crippen LogP contribution is -2.52. The molecule has 2 aromatic rings. The number of benzene rings is 1. The van der Waals surface area contributed by atoms with Gasteiger partial charge in [0.1, 0.15) is 5.01 Å². The van der Waals surface area contributed by atoms with Crippen molar-refractivity contribution in [3.05, 3.63) is 52.0 Å². The van der Waals surface area contributed by atoms with Gasteiger partial charge in [0, 0.05) is 44.3 Å². The number of carboxylic acid groups (broad SMARTS) is 1. The lowest BCUT2D eigenvalue weighted by atomic mass is 10.1. The Bertz CT molecular complexity index is 758. The maximum Gasteiger partial charge on any atom is 0.335 e. The highest BCUT2D eigenvalue weighted by Gasteiger charge is 2.25. The van der Waals surface area contributed by atoms with Crippen LogP contribution in [-0.4, -0.2) is 58.1 Å². The smallest absolute Gasteiger partial charge is 0.335 e. The van der Waals surface area contributed by atoms with Gasteiger partial charge in [-0.1, -0.05) is 12.1 Å². The Hall–Kier alpha value is -2.45. The van der Waals surface area contributed by atoms with Crippen LogP contribution in [0.15, 0.2) is 35.8 Å². The second-order valence-electron chi connectivity index (χ2n) is 6.23. The van der Waals surface area contributed by atoms with Crippen LogP contribution in [0.2, 0.25) is 0 Å². The van der Waals surface area contributed by atoms with Crippen molar-refractivity contribution in [2.24, 2.45) is 0 Å². The van der Waals surface area contributed by atoms with Gasteiger partial charge in [0.25, 0.3) is 0 Å². The highest BCUT2D eigenvalue weighted by Crippen LogP contribution is 2.23. The van der Waals surface area contributed by atoms with Crippen LogP contribution in [-0.2, 0) is 6.54 Å². The van der Waals surface area contributed by atoms with Crippen molar-refractivity contribution in [1.29, 1.82) is 0 Å². The molecule has 26 heavy (non-hydrogen) atoms. The van der Waals surface area contributed by atoms with E-state index in [2.05, 4.69) is 22.1 Å². The van der Waals surface area contributed by atoms with E-state index in [0.717, 1.165) is 23.7 Å². The Balaban J connectivity index is 1.48. The third-order valence-electron chi connectivity index (χ3n) is 4.58. The maximum atomic E-state index is 12.4. The summed E-state index contributed by atoms with van der Waals surface area (Å²) in [4.78, 5) is 31.9. The van der Waals surface area contributed by atoms with E-state index in [-0.39, 0.29) is 17.6 Å². The second-order valence-corrected chi connectivity index (χ2v) is 7.16. The Labute approximate surface area is 156 Å². The number of carbonyl (C=O) groups excluding carboxylic acids is 1. The van der Waals surface area contributed by atoms with Crippen LogP contribution in [0.4, 0.5) is 4.79 Å². The van der Waals surface area contributed by atoms with Crippen LogP contribution in [0, 0.1) is 0 Å². The number of nitrogens with one attached hydrogen (secondary N) is 1. The Morgan fingerprint density at radius 1 is 1.31 bits per heavy atom. The number of aromatic nitrogens is 1.